The number of ether oxygens (including phenoxy) is 2. The van der Waals surface area contributed by atoms with Gasteiger partial charge in [0.1, 0.15) is 6.61 Å². The largest absolute Gasteiger partial charge is 0.460 e. The van der Waals surface area contributed by atoms with E-state index in [1.54, 1.807) is 15.5 Å². The van der Waals surface area contributed by atoms with Gasteiger partial charge in [0.05, 0.1) is 33.0 Å². The van der Waals surface area contributed by atoms with Gasteiger partial charge in [-0.25, -0.2) is 0 Å². The van der Waals surface area contributed by atoms with Gasteiger partial charge in [0.25, 0.3) is 11.9 Å². The Morgan fingerprint density at radius 3 is 2.59 bits per heavy atom. The lowest BCUT2D eigenvalue weighted by molar-refractivity contribution is 0.0549. The van der Waals surface area contributed by atoms with Crippen LogP contribution < -0.4 is 9.64 Å². The van der Waals surface area contributed by atoms with Crippen LogP contribution >= 0.6 is 23.2 Å². The third-order valence-corrected chi connectivity index (χ3v) is 5.89. The van der Waals surface area contributed by atoms with E-state index < -0.39 is 0 Å². The summed E-state index contributed by atoms with van der Waals surface area (Å²) in [5.41, 5.74) is 2.30. The molecule has 8 nitrogen and oxygen atoms in total. The van der Waals surface area contributed by atoms with E-state index in [0.29, 0.717) is 53.9 Å². The van der Waals surface area contributed by atoms with E-state index in [9.17, 15) is 4.79 Å². The number of aromatic nitrogens is 2. The molecule has 1 amide bonds. The number of aliphatic hydroxyl groups excluding tert-OH is 1. The van der Waals surface area contributed by atoms with Gasteiger partial charge >= 0.3 is 0 Å². The summed E-state index contributed by atoms with van der Waals surface area (Å²) in [7, 11) is 1.88. The number of amides is 1. The molecule has 0 fully saturated rings. The molecule has 0 saturated heterocycles. The van der Waals surface area contributed by atoms with Crippen LogP contribution in [0.4, 0.5) is 5.82 Å². The number of carbonyl (C=O) groups is 1. The third kappa shape index (κ3) is 5.64. The highest BCUT2D eigenvalue weighted by Gasteiger charge is 2.34. The van der Waals surface area contributed by atoms with Crippen molar-refractivity contribution in [1.29, 1.82) is 0 Å². The zero-order chi connectivity index (χ0) is 24.1. The van der Waals surface area contributed by atoms with E-state index in [0.717, 1.165) is 11.1 Å². The zero-order valence-corrected chi connectivity index (χ0v) is 20.3. The van der Waals surface area contributed by atoms with Crippen molar-refractivity contribution in [2.75, 3.05) is 45.0 Å². The molecule has 1 aliphatic heterocycles. The van der Waals surface area contributed by atoms with Gasteiger partial charge in [0.2, 0.25) is 0 Å². The first-order valence-electron chi connectivity index (χ1n) is 10.9. The molecule has 180 valence electrons. The molecular formula is C24H26Cl2N4O4. The number of anilines is 1. The summed E-state index contributed by atoms with van der Waals surface area (Å²) in [5, 5.41) is 10.2. The zero-order valence-electron chi connectivity index (χ0n) is 18.8. The average molecular weight is 505 g/mol. The van der Waals surface area contributed by atoms with Crippen molar-refractivity contribution in [3.63, 3.8) is 0 Å². The highest BCUT2D eigenvalue weighted by atomic mass is 35.5. The minimum absolute atomic E-state index is 0.0564. The average Bonchev–Trinajstić information content (AvgIpc) is 3.19. The Hall–Kier alpha value is -2.78. The van der Waals surface area contributed by atoms with Crippen LogP contribution in [-0.4, -0.2) is 65.5 Å². The Kier molecular flexibility index (Phi) is 7.95. The molecule has 1 N–H and O–H groups in total. The minimum atomic E-state index is -0.153. The first-order chi connectivity index (χ1) is 16.5. The number of hydrogen-bond donors (Lipinski definition) is 1. The van der Waals surface area contributed by atoms with Gasteiger partial charge in [-0.05, 0) is 35.4 Å². The predicted octanol–water partition coefficient (Wildman–Crippen LogP) is 3.68. The summed E-state index contributed by atoms with van der Waals surface area (Å²) in [5.74, 6) is 0.410. The number of imidazole rings is 1. The molecule has 0 unspecified atom stereocenters. The lowest BCUT2D eigenvalue weighted by atomic mass is 10.2. The topological polar surface area (TPSA) is 80.1 Å². The van der Waals surface area contributed by atoms with Gasteiger partial charge in [0, 0.05) is 23.6 Å². The van der Waals surface area contributed by atoms with Crippen LogP contribution in [0.5, 0.6) is 6.01 Å². The van der Waals surface area contributed by atoms with Crippen LogP contribution in [-0.2, 0) is 17.9 Å². The first kappa shape index (κ1) is 24.3. The molecule has 0 spiro atoms. The van der Waals surface area contributed by atoms with E-state index >= 15 is 0 Å². The molecule has 0 atom stereocenters. The fourth-order valence-corrected chi connectivity index (χ4v) is 4.09. The quantitative estimate of drug-likeness (QED) is 0.424. The second-order valence-electron chi connectivity index (χ2n) is 7.94. The number of rotatable bonds is 10. The summed E-state index contributed by atoms with van der Waals surface area (Å²) >= 11 is 12.2. The minimum Gasteiger partial charge on any atom is -0.460 e. The molecule has 1 aliphatic rings. The Morgan fingerprint density at radius 1 is 1.06 bits per heavy atom. The molecule has 3 aromatic rings. The molecule has 2 aromatic carbocycles. The van der Waals surface area contributed by atoms with Gasteiger partial charge < -0.3 is 24.4 Å². The van der Waals surface area contributed by atoms with Crippen LogP contribution in [0.2, 0.25) is 10.0 Å². The highest BCUT2D eigenvalue weighted by molar-refractivity contribution is 6.30. The molecule has 10 heteroatoms. The summed E-state index contributed by atoms with van der Waals surface area (Å²) in [6.07, 6.45) is 0. The first-order valence-corrected chi connectivity index (χ1v) is 11.6. The second kappa shape index (κ2) is 11.1. The summed E-state index contributed by atoms with van der Waals surface area (Å²) in [6.45, 7) is 1.93. The van der Waals surface area contributed by atoms with Gasteiger partial charge in [-0.2, -0.15) is 4.98 Å². The molecule has 0 saturated carbocycles. The molecular weight excluding hydrogens is 479 g/mol. The third-order valence-electron chi connectivity index (χ3n) is 5.40. The maximum Gasteiger partial charge on any atom is 0.299 e. The van der Waals surface area contributed by atoms with Crippen LogP contribution in [0.3, 0.4) is 0 Å². The van der Waals surface area contributed by atoms with Crippen LogP contribution in [0.15, 0.2) is 48.5 Å². The molecule has 0 radical (unpaired) electrons. The number of carbonyl (C=O) groups excluding carboxylic acids is 1. The molecule has 34 heavy (non-hydrogen) atoms. The number of nitrogens with zero attached hydrogens (tertiary/aromatic N) is 4. The second-order valence-corrected chi connectivity index (χ2v) is 8.81. The Balaban J connectivity index is 1.64. The van der Waals surface area contributed by atoms with Crippen molar-refractivity contribution in [1.82, 2.24) is 14.5 Å². The van der Waals surface area contributed by atoms with Crippen molar-refractivity contribution in [3.05, 3.63) is 75.4 Å². The maximum atomic E-state index is 13.5. The molecule has 0 bridgehead atoms. The number of aliphatic hydroxyl groups is 1. The van der Waals surface area contributed by atoms with Crippen molar-refractivity contribution in [2.24, 2.45) is 0 Å². The number of halogens is 2. The van der Waals surface area contributed by atoms with Crippen LogP contribution in [0.25, 0.3) is 0 Å². The molecule has 2 heterocycles. The van der Waals surface area contributed by atoms with Crippen LogP contribution in [0.1, 0.15) is 21.6 Å². The predicted molar refractivity (Wildman–Crippen MR) is 131 cm³/mol. The number of benzene rings is 2. The van der Waals surface area contributed by atoms with E-state index in [1.807, 2.05) is 54.4 Å². The van der Waals surface area contributed by atoms with Gasteiger partial charge in [-0.15, -0.1) is 0 Å². The van der Waals surface area contributed by atoms with E-state index in [1.165, 1.54) is 0 Å². The molecule has 4 rings (SSSR count). The van der Waals surface area contributed by atoms with Crippen molar-refractivity contribution in [2.45, 2.75) is 13.2 Å². The van der Waals surface area contributed by atoms with Crippen LogP contribution in [0, 0.1) is 0 Å². The Bertz CT molecular complexity index is 1140. The Labute approximate surface area is 208 Å². The fourth-order valence-electron chi connectivity index (χ4n) is 3.75. The van der Waals surface area contributed by atoms with Gasteiger partial charge in [-0.1, -0.05) is 47.5 Å². The lowest BCUT2D eigenvalue weighted by Crippen LogP contribution is -2.47. The number of hydrogen-bond acceptors (Lipinski definition) is 6. The van der Waals surface area contributed by atoms with Gasteiger partial charge in [-0.3, -0.25) is 9.36 Å². The highest BCUT2D eigenvalue weighted by Crippen LogP contribution is 2.31. The van der Waals surface area contributed by atoms with Gasteiger partial charge in [0.15, 0.2) is 11.5 Å². The Morgan fingerprint density at radius 2 is 1.85 bits per heavy atom. The molecule has 0 aliphatic carbocycles. The monoisotopic (exact) mass is 504 g/mol. The SMILES string of the molecule is CN1CN(CCOCCO)C(=O)c2c1nc(OCc1cccc(Cl)c1)n2Cc1ccc(Cl)cc1. The normalized spacial score (nSPS) is 13.4. The van der Waals surface area contributed by atoms with E-state index in [-0.39, 0.29) is 25.7 Å². The number of fused-ring (bicyclic) bond motifs is 1. The maximum absolute atomic E-state index is 13.5. The standard InChI is InChI=1S/C24H26Cl2N4O4/c1-28-16-29(9-11-33-12-10-31)23(32)21-22(28)27-24(34-15-18-3-2-4-20(26)13-18)30(21)14-17-5-7-19(25)8-6-17/h2-8,13,31H,9-12,14-16H2,1H3. The summed E-state index contributed by atoms with van der Waals surface area (Å²) in [4.78, 5) is 21.7. The van der Waals surface area contributed by atoms with Crippen molar-refractivity contribution >= 4 is 34.9 Å². The molecule has 1 aromatic heterocycles. The smallest absolute Gasteiger partial charge is 0.299 e. The van der Waals surface area contributed by atoms with E-state index in [2.05, 4.69) is 4.98 Å². The lowest BCUT2D eigenvalue weighted by Gasteiger charge is -2.33. The van der Waals surface area contributed by atoms with Crippen molar-refractivity contribution in [3.8, 4) is 6.01 Å². The van der Waals surface area contributed by atoms with E-state index in [4.69, 9.17) is 37.8 Å². The summed E-state index contributed by atoms with van der Waals surface area (Å²) in [6, 6.07) is 15.2. The fraction of sp³-hybridized carbons (Fsp3) is 0.333. The van der Waals surface area contributed by atoms with Crippen molar-refractivity contribution < 1.29 is 19.4 Å². The summed E-state index contributed by atoms with van der Waals surface area (Å²) < 4.78 is 13.2.